The third kappa shape index (κ3) is 4.90. The predicted octanol–water partition coefficient (Wildman–Crippen LogP) is 3.51. The monoisotopic (exact) mass is 322 g/mol. The summed E-state index contributed by atoms with van der Waals surface area (Å²) in [5.41, 5.74) is 0.701. The van der Waals surface area contributed by atoms with Gasteiger partial charge in [-0.05, 0) is 31.5 Å². The molecule has 2 atom stereocenters. The number of hydrogen-bond donors (Lipinski definition) is 2. The summed E-state index contributed by atoms with van der Waals surface area (Å²) in [4.78, 5) is 22.8. The zero-order valence-electron chi connectivity index (χ0n) is 10.3. The first-order chi connectivity index (χ1) is 8.81. The highest BCUT2D eigenvalue weighted by atomic mass is 35.5. The van der Waals surface area contributed by atoms with Gasteiger partial charge in [-0.25, -0.2) is 4.79 Å². The van der Waals surface area contributed by atoms with Crippen LogP contribution in [0.25, 0.3) is 0 Å². The maximum atomic E-state index is 11.5. The number of rotatable bonds is 3. The lowest BCUT2D eigenvalue weighted by molar-refractivity contribution is -0.119. The van der Waals surface area contributed by atoms with Crippen LogP contribution < -0.4 is 10.6 Å². The van der Waals surface area contributed by atoms with Crippen LogP contribution in [-0.4, -0.2) is 17.3 Å². The van der Waals surface area contributed by atoms with Crippen LogP contribution in [0.15, 0.2) is 18.2 Å². The van der Waals surface area contributed by atoms with Crippen LogP contribution in [0.5, 0.6) is 0 Å². The van der Waals surface area contributed by atoms with Gasteiger partial charge in [0.25, 0.3) is 0 Å². The lowest BCUT2D eigenvalue weighted by Gasteiger charge is -2.16. The normalized spacial score (nSPS) is 13.5. The molecule has 0 aliphatic carbocycles. The smallest absolute Gasteiger partial charge is 0.321 e. The van der Waals surface area contributed by atoms with Gasteiger partial charge in [0, 0.05) is 10.0 Å². The number of nitrogens with one attached hydrogen (secondary N) is 2. The van der Waals surface area contributed by atoms with Gasteiger partial charge in [0.2, 0.25) is 5.91 Å². The Morgan fingerprint density at radius 3 is 2.37 bits per heavy atom. The van der Waals surface area contributed by atoms with E-state index < -0.39 is 17.3 Å². The van der Waals surface area contributed by atoms with Crippen LogP contribution in [0.2, 0.25) is 10.0 Å². The molecule has 1 aromatic rings. The van der Waals surface area contributed by atoms with Crippen LogP contribution in [-0.2, 0) is 4.79 Å². The molecule has 1 rings (SSSR count). The maximum absolute atomic E-state index is 11.5. The molecule has 0 aliphatic rings. The number of carbonyl (C=O) groups excluding carboxylic acids is 2. The van der Waals surface area contributed by atoms with Gasteiger partial charge in [-0.15, -0.1) is 11.6 Å². The zero-order valence-corrected chi connectivity index (χ0v) is 12.6. The third-order valence-electron chi connectivity index (χ3n) is 2.37. The van der Waals surface area contributed by atoms with E-state index in [9.17, 15) is 9.59 Å². The molecule has 0 radical (unpaired) electrons. The molecule has 0 bridgehead atoms. The number of alkyl halides is 1. The summed E-state index contributed by atoms with van der Waals surface area (Å²) < 4.78 is 0. The van der Waals surface area contributed by atoms with Gasteiger partial charge in [-0.1, -0.05) is 29.3 Å². The first-order valence-electron chi connectivity index (χ1n) is 5.51. The Morgan fingerprint density at radius 1 is 1.21 bits per heavy atom. The third-order valence-corrected chi connectivity index (χ3v) is 3.14. The van der Waals surface area contributed by atoms with Crippen molar-refractivity contribution in [3.63, 3.8) is 0 Å². The number of benzene rings is 1. The van der Waals surface area contributed by atoms with Crippen LogP contribution >= 0.6 is 34.8 Å². The largest absolute Gasteiger partial charge is 0.331 e. The van der Waals surface area contributed by atoms with Crippen LogP contribution in [0.1, 0.15) is 25.5 Å². The number of carbonyl (C=O) groups is 2. The van der Waals surface area contributed by atoms with E-state index in [1.165, 1.54) is 6.92 Å². The summed E-state index contributed by atoms with van der Waals surface area (Å²) in [6, 6.07) is 3.96. The molecule has 1 aromatic carbocycles. The highest BCUT2D eigenvalue weighted by Gasteiger charge is 2.16. The lowest BCUT2D eigenvalue weighted by Crippen LogP contribution is -2.43. The van der Waals surface area contributed by atoms with Gasteiger partial charge >= 0.3 is 6.03 Å². The molecule has 0 fully saturated rings. The van der Waals surface area contributed by atoms with Crippen molar-refractivity contribution in [2.24, 2.45) is 0 Å². The van der Waals surface area contributed by atoms with Gasteiger partial charge in [0.15, 0.2) is 0 Å². The quantitative estimate of drug-likeness (QED) is 0.836. The Labute approximate surface area is 126 Å². The maximum Gasteiger partial charge on any atom is 0.321 e. The summed E-state index contributed by atoms with van der Waals surface area (Å²) in [5.74, 6) is -0.562. The Hall–Kier alpha value is -0.970. The number of halogens is 3. The van der Waals surface area contributed by atoms with Crippen molar-refractivity contribution in [2.45, 2.75) is 25.3 Å². The van der Waals surface area contributed by atoms with Crippen molar-refractivity contribution in [1.29, 1.82) is 0 Å². The predicted molar refractivity (Wildman–Crippen MR) is 76.9 cm³/mol. The Morgan fingerprint density at radius 2 is 1.84 bits per heavy atom. The molecule has 4 nitrogen and oxygen atoms in total. The van der Waals surface area contributed by atoms with E-state index in [1.54, 1.807) is 25.1 Å². The molecule has 2 unspecified atom stereocenters. The summed E-state index contributed by atoms with van der Waals surface area (Å²) in [6.45, 7) is 3.22. The van der Waals surface area contributed by atoms with Crippen molar-refractivity contribution in [3.8, 4) is 0 Å². The minimum atomic E-state index is -0.778. The molecular formula is C12H13Cl3N2O2. The standard InChI is InChI=1S/C12H13Cl3N2O2/c1-6(13)11(18)17-12(19)16-7(2)9-4-3-8(14)5-10(9)15/h3-7H,1-2H3,(H2,16,17,18,19). The van der Waals surface area contributed by atoms with Gasteiger partial charge in [0.05, 0.1) is 6.04 Å². The Kier molecular flexibility index (Phi) is 5.91. The number of urea groups is 1. The van der Waals surface area contributed by atoms with Crippen molar-refractivity contribution in [3.05, 3.63) is 33.8 Å². The molecule has 3 amide bonds. The molecule has 0 spiro atoms. The van der Waals surface area contributed by atoms with Gasteiger partial charge in [-0.3, -0.25) is 10.1 Å². The minimum Gasteiger partial charge on any atom is -0.331 e. The fraction of sp³-hybridized carbons (Fsp3) is 0.333. The van der Waals surface area contributed by atoms with E-state index in [2.05, 4.69) is 10.6 Å². The molecule has 7 heteroatoms. The Bertz CT molecular complexity index is 492. The number of imide groups is 1. The Balaban J connectivity index is 2.66. The second kappa shape index (κ2) is 6.98. The highest BCUT2D eigenvalue weighted by molar-refractivity contribution is 6.35. The van der Waals surface area contributed by atoms with Crippen molar-refractivity contribution in [1.82, 2.24) is 10.6 Å². The minimum absolute atomic E-state index is 0.372. The molecule has 0 aromatic heterocycles. The van der Waals surface area contributed by atoms with E-state index >= 15 is 0 Å². The zero-order chi connectivity index (χ0) is 14.6. The summed E-state index contributed by atoms with van der Waals surface area (Å²) >= 11 is 17.3. The molecule has 2 N–H and O–H groups in total. The number of hydrogen-bond acceptors (Lipinski definition) is 2. The van der Waals surface area contributed by atoms with Crippen LogP contribution in [0.3, 0.4) is 0 Å². The van der Waals surface area contributed by atoms with E-state index in [4.69, 9.17) is 34.8 Å². The van der Waals surface area contributed by atoms with E-state index in [0.29, 0.717) is 15.6 Å². The molecule has 0 aliphatic heterocycles. The van der Waals surface area contributed by atoms with E-state index in [1.807, 2.05) is 0 Å². The first-order valence-corrected chi connectivity index (χ1v) is 6.71. The summed E-state index contributed by atoms with van der Waals surface area (Å²) in [5, 5.41) is 4.88. The number of amides is 3. The fourth-order valence-corrected chi connectivity index (χ4v) is 2.00. The molecule has 19 heavy (non-hydrogen) atoms. The van der Waals surface area contributed by atoms with E-state index in [0.717, 1.165) is 0 Å². The molecule has 0 saturated heterocycles. The van der Waals surface area contributed by atoms with Gasteiger partial charge < -0.3 is 5.32 Å². The second-order valence-electron chi connectivity index (χ2n) is 3.97. The fourth-order valence-electron chi connectivity index (χ4n) is 1.37. The molecular weight excluding hydrogens is 311 g/mol. The van der Waals surface area contributed by atoms with Crippen molar-refractivity contribution < 1.29 is 9.59 Å². The first kappa shape index (κ1) is 16.1. The molecule has 0 heterocycles. The summed E-state index contributed by atoms with van der Waals surface area (Å²) in [7, 11) is 0. The lowest BCUT2D eigenvalue weighted by atomic mass is 10.1. The second-order valence-corrected chi connectivity index (χ2v) is 5.46. The molecule has 104 valence electrons. The average Bonchev–Trinajstić information content (AvgIpc) is 2.27. The van der Waals surface area contributed by atoms with Crippen molar-refractivity contribution in [2.75, 3.05) is 0 Å². The molecule has 0 saturated carbocycles. The van der Waals surface area contributed by atoms with Crippen molar-refractivity contribution >= 4 is 46.7 Å². The summed E-state index contributed by atoms with van der Waals surface area (Å²) in [6.07, 6.45) is 0. The average molecular weight is 324 g/mol. The van der Waals surface area contributed by atoms with Gasteiger partial charge in [0.1, 0.15) is 5.38 Å². The van der Waals surface area contributed by atoms with Gasteiger partial charge in [-0.2, -0.15) is 0 Å². The van der Waals surface area contributed by atoms with E-state index in [-0.39, 0.29) is 6.04 Å². The highest BCUT2D eigenvalue weighted by Crippen LogP contribution is 2.25. The topological polar surface area (TPSA) is 58.2 Å². The van der Waals surface area contributed by atoms with Crippen LogP contribution in [0, 0.1) is 0 Å². The van der Waals surface area contributed by atoms with Crippen LogP contribution in [0.4, 0.5) is 4.79 Å². The SMILES string of the molecule is CC(Cl)C(=O)NC(=O)NC(C)c1ccc(Cl)cc1Cl.